The second-order valence-corrected chi connectivity index (χ2v) is 7.04. The van der Waals surface area contributed by atoms with Crippen molar-refractivity contribution in [2.75, 3.05) is 19.8 Å². The zero-order valence-corrected chi connectivity index (χ0v) is 16.7. The summed E-state index contributed by atoms with van der Waals surface area (Å²) in [6.07, 6.45) is 1.66. The molecule has 28 heavy (non-hydrogen) atoms. The van der Waals surface area contributed by atoms with Crippen molar-refractivity contribution in [2.45, 2.75) is 32.9 Å². The highest BCUT2D eigenvalue weighted by atomic mass is 16.1. The Hall–Kier alpha value is -3.06. The van der Waals surface area contributed by atoms with Gasteiger partial charge in [-0.15, -0.1) is 0 Å². The van der Waals surface area contributed by atoms with E-state index in [9.17, 15) is 4.79 Å². The maximum absolute atomic E-state index is 12.5. The molecule has 1 unspecified atom stereocenters. The number of nitrogens with one attached hydrogen (secondary N) is 1. The highest BCUT2D eigenvalue weighted by Crippen LogP contribution is 2.23. The van der Waals surface area contributed by atoms with Crippen LogP contribution in [-0.4, -0.2) is 46.0 Å². The number of nitrogen functional groups attached to an aromatic ring is 1. The topological polar surface area (TPSA) is 97.0 Å². The Balaban J connectivity index is 1.97. The number of pyridine rings is 1. The van der Waals surface area contributed by atoms with Crippen LogP contribution in [0, 0.1) is 0 Å². The number of hydrogen-bond donors (Lipinski definition) is 2. The maximum atomic E-state index is 12.5. The van der Waals surface area contributed by atoms with E-state index in [0.29, 0.717) is 5.56 Å². The van der Waals surface area contributed by atoms with Gasteiger partial charge in [-0.25, -0.2) is 15.0 Å². The molecule has 0 saturated carbocycles. The molecule has 0 saturated heterocycles. The van der Waals surface area contributed by atoms with Crippen LogP contribution in [0.3, 0.4) is 0 Å². The van der Waals surface area contributed by atoms with Crippen molar-refractivity contribution in [2.24, 2.45) is 0 Å². The molecule has 0 aliphatic heterocycles. The number of nitrogens with two attached hydrogens (primary N) is 1. The highest BCUT2D eigenvalue weighted by Gasteiger charge is 2.13. The van der Waals surface area contributed by atoms with Crippen LogP contribution in [0.25, 0.3) is 22.3 Å². The van der Waals surface area contributed by atoms with Crippen molar-refractivity contribution < 1.29 is 4.79 Å². The van der Waals surface area contributed by atoms with Gasteiger partial charge in [0.2, 0.25) is 5.95 Å². The first-order chi connectivity index (χ1) is 13.4. The van der Waals surface area contributed by atoms with Crippen LogP contribution in [0.15, 0.2) is 36.4 Å². The summed E-state index contributed by atoms with van der Waals surface area (Å²) in [5, 5.41) is 2.97. The molecule has 0 radical (unpaired) electrons. The lowest BCUT2D eigenvalue weighted by atomic mass is 10.1. The number of fused-ring (bicyclic) bond motifs is 1. The van der Waals surface area contributed by atoms with E-state index < -0.39 is 0 Å². The monoisotopic (exact) mass is 378 g/mol. The molecule has 0 aliphatic rings. The zero-order chi connectivity index (χ0) is 20.3. The minimum Gasteiger partial charge on any atom is -0.368 e. The molecule has 1 aromatic carbocycles. The number of aryl methyl sites for hydroxylation is 1. The van der Waals surface area contributed by atoms with E-state index in [1.54, 1.807) is 6.07 Å². The van der Waals surface area contributed by atoms with Gasteiger partial charge >= 0.3 is 0 Å². The largest absolute Gasteiger partial charge is 0.368 e. The van der Waals surface area contributed by atoms with E-state index in [1.807, 2.05) is 56.3 Å². The molecule has 7 heteroatoms. The molecule has 146 valence electrons. The fraction of sp³-hybridized carbons (Fsp3) is 0.333. The summed E-state index contributed by atoms with van der Waals surface area (Å²) in [4.78, 5) is 27.9. The first kappa shape index (κ1) is 19.7. The van der Waals surface area contributed by atoms with Crippen LogP contribution < -0.4 is 11.1 Å². The number of nitrogens with zero attached hydrogens (tertiary/aromatic N) is 4. The van der Waals surface area contributed by atoms with E-state index in [2.05, 4.69) is 22.2 Å². The molecule has 1 atom stereocenters. The third kappa shape index (κ3) is 4.26. The number of amides is 1. The van der Waals surface area contributed by atoms with Crippen LogP contribution >= 0.6 is 0 Å². The molecule has 3 N–H and O–H groups in total. The Morgan fingerprint density at radius 1 is 1.18 bits per heavy atom. The summed E-state index contributed by atoms with van der Waals surface area (Å²) in [5.74, 6) is 0.144. The molecular formula is C21H26N6O. The van der Waals surface area contributed by atoms with Crippen molar-refractivity contribution in [3.63, 3.8) is 0 Å². The van der Waals surface area contributed by atoms with Crippen molar-refractivity contribution in [1.29, 1.82) is 0 Å². The Morgan fingerprint density at radius 3 is 2.68 bits per heavy atom. The summed E-state index contributed by atoms with van der Waals surface area (Å²) >= 11 is 0. The number of benzene rings is 1. The molecule has 7 nitrogen and oxygen atoms in total. The minimum atomic E-state index is -0.119. The van der Waals surface area contributed by atoms with E-state index in [-0.39, 0.29) is 18.0 Å². The third-order valence-electron chi connectivity index (χ3n) is 4.65. The maximum Gasteiger partial charge on any atom is 0.252 e. The van der Waals surface area contributed by atoms with Crippen LogP contribution in [0.2, 0.25) is 0 Å². The number of carbonyl (C=O) groups excluding carboxylic acids is 1. The van der Waals surface area contributed by atoms with Gasteiger partial charge in [0.25, 0.3) is 5.91 Å². The van der Waals surface area contributed by atoms with E-state index >= 15 is 0 Å². The number of aromatic nitrogens is 3. The standard InChI is InChI=1S/C21H26N6O/c1-5-7-17-19-18(26-21(22)25-17)11-10-16(24-19)14-8-6-9-15(12-14)20(28)23-13(2)27(3)4/h6,8-13H,5,7H2,1-4H3,(H,23,28)(H2,22,25,26). The van der Waals surface area contributed by atoms with Crippen LogP contribution in [0.1, 0.15) is 36.3 Å². The number of anilines is 1. The first-order valence-corrected chi connectivity index (χ1v) is 9.40. The van der Waals surface area contributed by atoms with Gasteiger partial charge in [-0.05, 0) is 51.7 Å². The van der Waals surface area contributed by atoms with E-state index in [4.69, 9.17) is 10.7 Å². The Labute approximate surface area is 165 Å². The summed E-state index contributed by atoms with van der Waals surface area (Å²) in [6.45, 7) is 4.03. The molecule has 0 spiro atoms. The smallest absolute Gasteiger partial charge is 0.252 e. The first-order valence-electron chi connectivity index (χ1n) is 9.40. The van der Waals surface area contributed by atoms with Crippen molar-refractivity contribution in [1.82, 2.24) is 25.2 Å². The van der Waals surface area contributed by atoms with Gasteiger partial charge in [-0.2, -0.15) is 0 Å². The minimum absolute atomic E-state index is 0.0610. The summed E-state index contributed by atoms with van der Waals surface area (Å²) in [6, 6.07) is 11.2. The van der Waals surface area contributed by atoms with Gasteiger partial charge in [0.1, 0.15) is 5.52 Å². The molecular weight excluding hydrogens is 352 g/mol. The predicted octanol–water partition coefficient (Wildman–Crippen LogP) is 2.86. The second-order valence-electron chi connectivity index (χ2n) is 7.04. The highest BCUT2D eigenvalue weighted by molar-refractivity contribution is 5.95. The van der Waals surface area contributed by atoms with Crippen molar-refractivity contribution in [3.05, 3.63) is 47.7 Å². The van der Waals surface area contributed by atoms with Crippen LogP contribution in [0.5, 0.6) is 0 Å². The second kappa shape index (κ2) is 8.31. The number of rotatable bonds is 6. The quantitative estimate of drug-likeness (QED) is 0.640. The predicted molar refractivity (Wildman–Crippen MR) is 112 cm³/mol. The molecule has 3 aromatic rings. The number of carbonyl (C=O) groups is 1. The Kier molecular flexibility index (Phi) is 5.84. The molecule has 0 aliphatic carbocycles. The van der Waals surface area contributed by atoms with E-state index in [1.165, 1.54) is 0 Å². The zero-order valence-electron chi connectivity index (χ0n) is 16.7. The molecule has 1 amide bonds. The van der Waals surface area contributed by atoms with Gasteiger partial charge in [0.05, 0.1) is 23.1 Å². The third-order valence-corrected chi connectivity index (χ3v) is 4.65. The van der Waals surface area contributed by atoms with Gasteiger partial charge in [-0.1, -0.05) is 25.5 Å². The average Bonchev–Trinajstić information content (AvgIpc) is 2.67. The van der Waals surface area contributed by atoms with Gasteiger partial charge in [0.15, 0.2) is 0 Å². The SMILES string of the molecule is CCCc1nc(N)nc2ccc(-c3cccc(C(=O)NC(C)N(C)C)c3)nc12. The molecule has 2 heterocycles. The lowest BCUT2D eigenvalue weighted by molar-refractivity contribution is 0.0900. The normalized spacial score (nSPS) is 12.3. The Morgan fingerprint density at radius 2 is 1.96 bits per heavy atom. The van der Waals surface area contributed by atoms with Gasteiger partial charge < -0.3 is 11.1 Å². The fourth-order valence-electron chi connectivity index (χ4n) is 2.89. The van der Waals surface area contributed by atoms with Crippen LogP contribution in [0.4, 0.5) is 5.95 Å². The van der Waals surface area contributed by atoms with Crippen LogP contribution in [-0.2, 0) is 6.42 Å². The molecule has 2 aromatic heterocycles. The molecule has 0 bridgehead atoms. The lowest BCUT2D eigenvalue weighted by Crippen LogP contribution is -2.42. The summed E-state index contributed by atoms with van der Waals surface area (Å²) < 4.78 is 0. The summed E-state index contributed by atoms with van der Waals surface area (Å²) in [5.41, 5.74) is 10.4. The Bertz CT molecular complexity index is 1000. The average molecular weight is 378 g/mol. The lowest BCUT2D eigenvalue weighted by Gasteiger charge is -2.21. The molecule has 0 fully saturated rings. The molecule has 3 rings (SSSR count). The number of hydrogen-bond acceptors (Lipinski definition) is 6. The van der Waals surface area contributed by atoms with Gasteiger partial charge in [0, 0.05) is 11.1 Å². The van der Waals surface area contributed by atoms with Crippen molar-refractivity contribution in [3.8, 4) is 11.3 Å². The fourth-order valence-corrected chi connectivity index (χ4v) is 2.89. The van der Waals surface area contributed by atoms with Gasteiger partial charge in [-0.3, -0.25) is 9.69 Å². The van der Waals surface area contributed by atoms with E-state index in [0.717, 1.165) is 40.8 Å². The van der Waals surface area contributed by atoms with Crippen molar-refractivity contribution >= 4 is 22.9 Å². The summed E-state index contributed by atoms with van der Waals surface area (Å²) in [7, 11) is 3.84.